The maximum absolute atomic E-state index is 14.8. The van der Waals surface area contributed by atoms with Gasteiger partial charge in [-0.3, -0.25) is 28.8 Å². The van der Waals surface area contributed by atoms with Crippen molar-refractivity contribution in [2.75, 3.05) is 46.6 Å². The number of rotatable bonds is 29. The summed E-state index contributed by atoms with van der Waals surface area (Å²) < 4.78 is 22.0. The van der Waals surface area contributed by atoms with E-state index in [1.165, 1.54) is 6.07 Å². The average molecular weight is 1030 g/mol. The van der Waals surface area contributed by atoms with Crippen molar-refractivity contribution >= 4 is 53.0 Å². The Morgan fingerprint density at radius 3 is 2.28 bits per heavy atom. The van der Waals surface area contributed by atoms with E-state index in [0.717, 1.165) is 41.3 Å². The van der Waals surface area contributed by atoms with Gasteiger partial charge < -0.3 is 55.9 Å². The maximum Gasteiger partial charge on any atom is 0.254 e. The van der Waals surface area contributed by atoms with E-state index in [4.69, 9.17) is 9.72 Å². The van der Waals surface area contributed by atoms with Crippen molar-refractivity contribution in [1.29, 1.82) is 0 Å². The second-order valence-corrected chi connectivity index (χ2v) is 18.1. The first kappa shape index (κ1) is 61.6. The monoisotopic (exact) mass is 1030 g/mol. The fraction of sp³-hybridized carbons (Fsp3) is 0.509. The molecule has 74 heavy (non-hydrogen) atoms. The summed E-state index contributed by atoms with van der Waals surface area (Å²) in [5, 5.41) is 27.3. The van der Waals surface area contributed by atoms with E-state index < -0.39 is 29.8 Å². The van der Waals surface area contributed by atoms with Crippen molar-refractivity contribution in [2.24, 2.45) is 5.92 Å². The molecule has 1 aliphatic heterocycles. The molecule has 1 aliphatic rings. The number of fused-ring (bicyclic) bond motifs is 4. The van der Waals surface area contributed by atoms with Crippen LogP contribution in [0, 0.1) is 18.7 Å². The summed E-state index contributed by atoms with van der Waals surface area (Å²) in [7, 11) is 1.63. The summed E-state index contributed by atoms with van der Waals surface area (Å²) in [6.07, 6.45) is 6.40. The number of halogens is 1. The van der Waals surface area contributed by atoms with Crippen LogP contribution in [0.4, 0.5) is 4.39 Å². The summed E-state index contributed by atoms with van der Waals surface area (Å²) in [4.78, 5) is 100. The van der Waals surface area contributed by atoms with Crippen LogP contribution in [0.15, 0.2) is 53.3 Å². The number of aliphatic hydroxyl groups excluding tert-OH is 1. The lowest BCUT2D eigenvalue weighted by Gasteiger charge is -2.18. The minimum Gasteiger partial charge on any atom is -0.381 e. The molecule has 2 aromatic heterocycles. The molecule has 7 N–H and O–H groups in total. The van der Waals surface area contributed by atoms with Crippen LogP contribution in [0.3, 0.4) is 0 Å². The van der Waals surface area contributed by atoms with Crippen LogP contribution in [0.5, 0.6) is 0 Å². The summed E-state index contributed by atoms with van der Waals surface area (Å²) in [6.45, 7) is 12.7. The third kappa shape index (κ3) is 19.6. The predicted molar refractivity (Wildman–Crippen MR) is 283 cm³/mol. The fourth-order valence-electron chi connectivity index (χ4n) is 8.25. The number of aryl methyl sites for hydroxylation is 2. The molecule has 404 valence electrons. The summed E-state index contributed by atoms with van der Waals surface area (Å²) in [5.41, 5.74) is 4.95. The van der Waals surface area contributed by atoms with Gasteiger partial charge in [-0.1, -0.05) is 77.8 Å². The molecule has 5 rings (SSSR count). The number of benzene rings is 2. The zero-order valence-electron chi connectivity index (χ0n) is 44.1. The van der Waals surface area contributed by atoms with Gasteiger partial charge in [0.2, 0.25) is 29.5 Å². The number of likely N-dealkylation sites (N-methyl/N-ethyl adjacent to an activating group) is 1. The van der Waals surface area contributed by atoms with Gasteiger partial charge in [0.25, 0.3) is 5.56 Å². The number of aliphatic hydroxyl groups is 1. The summed E-state index contributed by atoms with van der Waals surface area (Å²) in [5.74, 6) is -1.30. The first-order valence-corrected chi connectivity index (χ1v) is 25.7. The molecule has 0 spiro atoms. The Morgan fingerprint density at radius 2 is 1.61 bits per heavy atom. The van der Waals surface area contributed by atoms with Gasteiger partial charge in [-0.2, -0.15) is 0 Å². The van der Waals surface area contributed by atoms with E-state index in [2.05, 4.69) is 31.9 Å². The quantitative estimate of drug-likeness (QED) is 0.0197. The number of aldehydes is 2. The molecule has 0 saturated heterocycles. The molecule has 0 fully saturated rings. The normalized spacial score (nSPS) is 11.9. The molecule has 0 saturated carbocycles. The van der Waals surface area contributed by atoms with Gasteiger partial charge in [-0.25, -0.2) is 9.37 Å². The lowest BCUT2D eigenvalue weighted by Crippen LogP contribution is -2.51. The van der Waals surface area contributed by atoms with Gasteiger partial charge in [0.1, 0.15) is 31.0 Å². The first-order valence-electron chi connectivity index (χ1n) is 25.7. The van der Waals surface area contributed by atoms with Crippen molar-refractivity contribution in [3.63, 3.8) is 0 Å². The molecule has 19 heteroatoms. The summed E-state index contributed by atoms with van der Waals surface area (Å²) in [6, 6.07) is 13.2. The number of aromatic nitrogens is 2. The highest BCUT2D eigenvalue weighted by Gasteiger charge is 2.30. The number of nitrogens with one attached hydrogen (secondary N) is 6. The molecule has 3 heterocycles. The SMILES string of the molecule is CC.CC(C)CC(=O)NCCCCCC(=O)NCC=O.CCCc1c(C(O)C=O)cc2n(c1=O)Cc1c-2nc2cc(F)c(C)cc2c1CCCCOCNC(=O)CNC(=O)[C@H](Cc1ccccc1)NC(=O)CNC. The number of carbonyl (C=O) groups excluding carboxylic acids is 7. The second-order valence-electron chi connectivity index (χ2n) is 18.1. The van der Waals surface area contributed by atoms with Crippen molar-refractivity contribution in [1.82, 2.24) is 41.5 Å². The highest BCUT2D eigenvalue weighted by Crippen LogP contribution is 2.38. The van der Waals surface area contributed by atoms with Gasteiger partial charge in [-0.15, -0.1) is 0 Å². The van der Waals surface area contributed by atoms with Crippen LogP contribution in [0.2, 0.25) is 0 Å². The Bertz CT molecular complexity index is 2550. The largest absolute Gasteiger partial charge is 0.381 e. The van der Waals surface area contributed by atoms with Gasteiger partial charge in [-0.05, 0) is 92.8 Å². The van der Waals surface area contributed by atoms with Gasteiger partial charge >= 0.3 is 0 Å². The van der Waals surface area contributed by atoms with E-state index in [9.17, 15) is 47.9 Å². The Kier molecular flexibility index (Phi) is 27.6. The summed E-state index contributed by atoms with van der Waals surface area (Å²) >= 11 is 0. The molecule has 0 aliphatic carbocycles. The standard InChI is InChI=1S/C40H47FN6O7.C13H24N2O3.C2H6/c1-4-10-27-29(35(49)22-48)17-34-38-30(21-47(34)40(27)53)26(28-15-24(2)31(41)18-32(28)46-38)13-8-9-14-54-23-44-36(50)20-43-39(52)33(45-37(51)19-42-3)16-25-11-6-5-7-12-25;1-11(2)10-13(18)14-7-5-3-4-6-12(17)15-8-9-16;1-2/h5-7,11-12,15,17-18,22,33,35,42,49H,4,8-10,13-14,16,19-21,23H2,1-3H3,(H,43,52)(H,44,50)(H,45,51);9,11H,3-8,10H2,1-2H3,(H,14,18)(H,15,17);1-2H3/t33-,35?;;/m0../s1. The van der Waals surface area contributed by atoms with Crippen molar-refractivity contribution in [3.8, 4) is 11.4 Å². The number of ether oxygens (including phenoxy) is 1. The van der Waals surface area contributed by atoms with Crippen LogP contribution in [0.25, 0.3) is 22.3 Å². The van der Waals surface area contributed by atoms with E-state index in [1.54, 1.807) is 30.7 Å². The van der Waals surface area contributed by atoms with Gasteiger partial charge in [0.05, 0.1) is 43.1 Å². The molecular formula is C55H77FN8O10. The average Bonchev–Trinajstić information content (AvgIpc) is 3.75. The number of unbranched alkanes of at least 4 members (excludes halogenated alkanes) is 3. The highest BCUT2D eigenvalue weighted by molar-refractivity contribution is 5.91. The molecule has 1 unspecified atom stereocenters. The zero-order chi connectivity index (χ0) is 54.6. The van der Waals surface area contributed by atoms with Crippen LogP contribution >= 0.6 is 0 Å². The van der Waals surface area contributed by atoms with Crippen molar-refractivity contribution in [3.05, 3.63) is 98.1 Å². The van der Waals surface area contributed by atoms with Crippen LogP contribution < -0.4 is 37.5 Å². The molecule has 5 amide bonds. The lowest BCUT2D eigenvalue weighted by molar-refractivity contribution is -0.130. The van der Waals surface area contributed by atoms with Crippen LogP contribution in [0.1, 0.15) is 125 Å². The Hall–Kier alpha value is -6.70. The van der Waals surface area contributed by atoms with Crippen molar-refractivity contribution in [2.45, 2.75) is 131 Å². The lowest BCUT2D eigenvalue weighted by atomic mass is 9.94. The number of amides is 5. The molecule has 4 aromatic rings. The number of nitrogens with zero attached hydrogens (tertiary/aromatic N) is 2. The highest BCUT2D eigenvalue weighted by atomic mass is 19.1. The third-order valence-corrected chi connectivity index (χ3v) is 11.8. The smallest absolute Gasteiger partial charge is 0.254 e. The van der Waals surface area contributed by atoms with Crippen molar-refractivity contribution < 1.29 is 47.8 Å². The number of hydrogen-bond acceptors (Lipinski definition) is 12. The Balaban J connectivity index is 0.000000611. The fourth-order valence-corrected chi connectivity index (χ4v) is 8.25. The molecule has 0 radical (unpaired) electrons. The second kappa shape index (κ2) is 33.2. The van der Waals surface area contributed by atoms with E-state index in [0.29, 0.717) is 105 Å². The van der Waals surface area contributed by atoms with Gasteiger partial charge in [0.15, 0.2) is 6.29 Å². The molecule has 18 nitrogen and oxygen atoms in total. The number of hydrogen-bond donors (Lipinski definition) is 7. The van der Waals surface area contributed by atoms with E-state index in [-0.39, 0.29) is 68.2 Å². The molecule has 2 atom stereocenters. The molecule has 2 aromatic carbocycles. The zero-order valence-corrected chi connectivity index (χ0v) is 44.1. The molecule has 0 bridgehead atoms. The Labute approximate surface area is 433 Å². The number of pyridine rings is 2. The van der Waals surface area contributed by atoms with Crippen LogP contribution in [-0.2, 0) is 64.1 Å². The van der Waals surface area contributed by atoms with Crippen LogP contribution in [-0.4, -0.2) is 109 Å². The first-order chi connectivity index (χ1) is 35.6. The topological polar surface area (TPSA) is 256 Å². The van der Waals surface area contributed by atoms with E-state index in [1.807, 2.05) is 65.0 Å². The minimum atomic E-state index is -1.45. The molecular weight excluding hydrogens is 952 g/mol. The minimum absolute atomic E-state index is 0.0445. The van der Waals surface area contributed by atoms with Gasteiger partial charge in [0, 0.05) is 55.0 Å². The number of carbonyl (C=O) groups is 7. The third-order valence-electron chi connectivity index (χ3n) is 11.8. The predicted octanol–water partition coefficient (Wildman–Crippen LogP) is 4.58. The van der Waals surface area contributed by atoms with E-state index >= 15 is 0 Å². The maximum atomic E-state index is 14.8. The Morgan fingerprint density at radius 1 is 0.865 bits per heavy atom.